The summed E-state index contributed by atoms with van der Waals surface area (Å²) in [5.41, 5.74) is 2.14. The monoisotopic (exact) mass is 325 g/mol. The molecule has 1 amide bonds. The average Bonchev–Trinajstić information content (AvgIpc) is 2.28. The number of halogens is 1. The minimum absolute atomic E-state index is 0.155. The Labute approximate surface area is 120 Å². The summed E-state index contributed by atoms with van der Waals surface area (Å²) < 4.78 is 0.967. The van der Waals surface area contributed by atoms with Crippen LogP contribution in [0, 0.1) is 18.8 Å². The smallest absolute Gasteiger partial charge is 0.307 e. The van der Waals surface area contributed by atoms with Crippen molar-refractivity contribution < 1.29 is 14.7 Å². The van der Waals surface area contributed by atoms with E-state index in [0.717, 1.165) is 15.6 Å². The van der Waals surface area contributed by atoms with Gasteiger partial charge in [0, 0.05) is 11.0 Å². The highest BCUT2D eigenvalue weighted by Gasteiger charge is 2.41. The number of hydrogen-bond donors (Lipinski definition) is 2. The second-order valence-corrected chi connectivity index (χ2v) is 5.83. The number of carboxylic acid groups (broad SMARTS) is 1. The summed E-state index contributed by atoms with van der Waals surface area (Å²) in [6, 6.07) is 5.90. The average molecular weight is 326 g/mol. The van der Waals surface area contributed by atoms with Crippen LogP contribution in [-0.2, 0) is 16.1 Å². The summed E-state index contributed by atoms with van der Waals surface area (Å²) in [5.74, 6) is -1.91. The summed E-state index contributed by atoms with van der Waals surface area (Å²) in [7, 11) is 0. The Hall–Kier alpha value is -1.36. The van der Waals surface area contributed by atoms with Gasteiger partial charge in [0.15, 0.2) is 0 Å². The maximum absolute atomic E-state index is 11.9. The standard InChI is InChI=1S/C14H16BrNO3/c1-8-2-3-10(15)6-9(8)7-16-13(17)11-4-5-12(11)14(18)19/h2-3,6,11-12H,4-5,7H2,1H3,(H,16,17)(H,18,19). The van der Waals surface area contributed by atoms with Gasteiger partial charge in [-0.3, -0.25) is 9.59 Å². The predicted molar refractivity (Wildman–Crippen MR) is 74.6 cm³/mol. The lowest BCUT2D eigenvalue weighted by molar-refractivity contribution is -0.152. The number of hydrogen-bond acceptors (Lipinski definition) is 2. The summed E-state index contributed by atoms with van der Waals surface area (Å²) in [6.45, 7) is 2.42. The largest absolute Gasteiger partial charge is 0.481 e. The van der Waals surface area contributed by atoms with Gasteiger partial charge in [0.1, 0.15) is 0 Å². The van der Waals surface area contributed by atoms with Crippen molar-refractivity contribution in [1.82, 2.24) is 5.32 Å². The van der Waals surface area contributed by atoms with Crippen LogP contribution in [0.4, 0.5) is 0 Å². The molecule has 0 heterocycles. The fourth-order valence-corrected chi connectivity index (χ4v) is 2.66. The molecule has 1 fully saturated rings. The molecule has 1 saturated carbocycles. The second kappa shape index (κ2) is 5.74. The second-order valence-electron chi connectivity index (χ2n) is 4.92. The highest BCUT2D eigenvalue weighted by Crippen LogP contribution is 2.34. The molecule has 102 valence electrons. The summed E-state index contributed by atoms with van der Waals surface area (Å²) in [4.78, 5) is 22.8. The van der Waals surface area contributed by atoms with E-state index in [1.165, 1.54) is 0 Å². The fraction of sp³-hybridized carbons (Fsp3) is 0.429. The molecule has 2 unspecified atom stereocenters. The van der Waals surface area contributed by atoms with Crippen LogP contribution in [0.15, 0.2) is 22.7 Å². The molecule has 19 heavy (non-hydrogen) atoms. The molecular formula is C14H16BrNO3. The van der Waals surface area contributed by atoms with Crippen LogP contribution >= 0.6 is 15.9 Å². The Bertz CT molecular complexity index is 515. The summed E-state index contributed by atoms with van der Waals surface area (Å²) >= 11 is 3.40. The van der Waals surface area contributed by atoms with E-state index in [9.17, 15) is 9.59 Å². The molecule has 0 spiro atoms. The van der Waals surface area contributed by atoms with Crippen molar-refractivity contribution in [3.63, 3.8) is 0 Å². The Morgan fingerprint density at radius 2 is 2.05 bits per heavy atom. The fourth-order valence-electron chi connectivity index (χ4n) is 2.25. The van der Waals surface area contributed by atoms with E-state index in [0.29, 0.717) is 19.4 Å². The molecule has 5 heteroatoms. The van der Waals surface area contributed by atoms with Crippen molar-refractivity contribution in [2.75, 3.05) is 0 Å². The van der Waals surface area contributed by atoms with E-state index in [4.69, 9.17) is 5.11 Å². The zero-order chi connectivity index (χ0) is 14.0. The third-order valence-electron chi connectivity index (χ3n) is 3.69. The first-order valence-electron chi connectivity index (χ1n) is 6.24. The van der Waals surface area contributed by atoms with Gasteiger partial charge in [0.2, 0.25) is 5.91 Å². The number of carboxylic acids is 1. The van der Waals surface area contributed by atoms with Crippen molar-refractivity contribution in [3.05, 3.63) is 33.8 Å². The maximum atomic E-state index is 11.9. The van der Waals surface area contributed by atoms with Gasteiger partial charge in [0.25, 0.3) is 0 Å². The van der Waals surface area contributed by atoms with Crippen LogP contribution in [0.3, 0.4) is 0 Å². The molecular weight excluding hydrogens is 310 g/mol. The first-order valence-corrected chi connectivity index (χ1v) is 7.04. The Morgan fingerprint density at radius 3 is 2.63 bits per heavy atom. The highest BCUT2D eigenvalue weighted by molar-refractivity contribution is 9.10. The normalized spacial score (nSPS) is 21.6. The van der Waals surface area contributed by atoms with Gasteiger partial charge in [-0.1, -0.05) is 22.0 Å². The number of amides is 1. The van der Waals surface area contributed by atoms with Crippen LogP contribution in [-0.4, -0.2) is 17.0 Å². The van der Waals surface area contributed by atoms with Gasteiger partial charge in [-0.15, -0.1) is 0 Å². The third kappa shape index (κ3) is 3.15. The van der Waals surface area contributed by atoms with Crippen LogP contribution in [0.25, 0.3) is 0 Å². The minimum atomic E-state index is -0.870. The molecule has 0 aliphatic heterocycles. The van der Waals surface area contributed by atoms with Crippen molar-refractivity contribution in [2.24, 2.45) is 11.8 Å². The first-order chi connectivity index (χ1) is 8.99. The molecule has 1 aromatic carbocycles. The quantitative estimate of drug-likeness (QED) is 0.893. The number of aliphatic carboxylic acids is 1. The third-order valence-corrected chi connectivity index (χ3v) is 4.19. The summed E-state index contributed by atoms with van der Waals surface area (Å²) in [5, 5.41) is 11.8. The lowest BCUT2D eigenvalue weighted by Crippen LogP contribution is -2.43. The van der Waals surface area contributed by atoms with Crippen molar-refractivity contribution in [2.45, 2.75) is 26.3 Å². The number of nitrogens with one attached hydrogen (secondary N) is 1. The molecule has 2 N–H and O–H groups in total. The van der Waals surface area contributed by atoms with E-state index < -0.39 is 11.9 Å². The molecule has 0 aromatic heterocycles. The van der Waals surface area contributed by atoms with E-state index in [2.05, 4.69) is 21.2 Å². The molecule has 1 aliphatic carbocycles. The molecule has 2 atom stereocenters. The van der Waals surface area contributed by atoms with E-state index >= 15 is 0 Å². The van der Waals surface area contributed by atoms with Crippen molar-refractivity contribution in [1.29, 1.82) is 0 Å². The molecule has 0 radical (unpaired) electrons. The minimum Gasteiger partial charge on any atom is -0.481 e. The summed E-state index contributed by atoms with van der Waals surface area (Å²) in [6.07, 6.45) is 1.27. The molecule has 0 bridgehead atoms. The molecule has 1 aromatic rings. The first kappa shape index (κ1) is 14.1. The van der Waals surface area contributed by atoms with Crippen LogP contribution in [0.1, 0.15) is 24.0 Å². The lowest BCUT2D eigenvalue weighted by atomic mass is 9.73. The van der Waals surface area contributed by atoms with Crippen LogP contribution in [0.5, 0.6) is 0 Å². The van der Waals surface area contributed by atoms with Gasteiger partial charge in [-0.25, -0.2) is 0 Å². The topological polar surface area (TPSA) is 66.4 Å². The Morgan fingerprint density at radius 1 is 1.37 bits per heavy atom. The van der Waals surface area contributed by atoms with E-state index in [1.807, 2.05) is 25.1 Å². The number of carbonyl (C=O) groups is 2. The van der Waals surface area contributed by atoms with Crippen LogP contribution < -0.4 is 5.32 Å². The highest BCUT2D eigenvalue weighted by atomic mass is 79.9. The van der Waals surface area contributed by atoms with Gasteiger partial charge in [-0.2, -0.15) is 0 Å². The van der Waals surface area contributed by atoms with Crippen molar-refractivity contribution in [3.8, 4) is 0 Å². The van der Waals surface area contributed by atoms with Gasteiger partial charge in [-0.05, 0) is 43.0 Å². The Balaban J connectivity index is 1.94. The Kier molecular flexibility index (Phi) is 4.24. The number of rotatable bonds is 4. The molecule has 2 rings (SSSR count). The van der Waals surface area contributed by atoms with Gasteiger partial charge in [0.05, 0.1) is 11.8 Å². The number of benzene rings is 1. The molecule has 0 saturated heterocycles. The molecule has 4 nitrogen and oxygen atoms in total. The van der Waals surface area contributed by atoms with E-state index in [1.54, 1.807) is 0 Å². The zero-order valence-electron chi connectivity index (χ0n) is 10.6. The zero-order valence-corrected chi connectivity index (χ0v) is 12.2. The van der Waals surface area contributed by atoms with Crippen LogP contribution in [0.2, 0.25) is 0 Å². The molecule has 1 aliphatic rings. The lowest BCUT2D eigenvalue weighted by Gasteiger charge is -2.32. The number of carbonyl (C=O) groups excluding carboxylic acids is 1. The van der Waals surface area contributed by atoms with Gasteiger partial charge >= 0.3 is 5.97 Å². The van der Waals surface area contributed by atoms with E-state index in [-0.39, 0.29) is 11.8 Å². The maximum Gasteiger partial charge on any atom is 0.307 e. The predicted octanol–water partition coefficient (Wildman–Crippen LogP) is 2.48. The SMILES string of the molecule is Cc1ccc(Br)cc1CNC(=O)C1CCC1C(=O)O. The number of aryl methyl sites for hydroxylation is 1. The van der Waals surface area contributed by atoms with Gasteiger partial charge < -0.3 is 10.4 Å². The van der Waals surface area contributed by atoms with Crippen molar-refractivity contribution >= 4 is 27.8 Å².